The largest absolute Gasteiger partial charge is 0.492 e. The molecule has 43 heavy (non-hydrogen) atoms. The van der Waals surface area contributed by atoms with Crippen molar-refractivity contribution in [2.75, 3.05) is 35.0 Å². The number of ether oxygens (including phenoxy) is 1. The molecule has 1 unspecified atom stereocenters. The Kier molecular flexibility index (Phi) is 8.51. The summed E-state index contributed by atoms with van der Waals surface area (Å²) in [4.78, 5) is 17.5. The summed E-state index contributed by atoms with van der Waals surface area (Å²) in [6.07, 6.45) is -2.03. The Bertz CT molecular complexity index is 1680. The molecule has 0 radical (unpaired) electrons. The molecule has 0 saturated carbocycles. The van der Waals surface area contributed by atoms with E-state index in [9.17, 15) is 26.4 Å². The summed E-state index contributed by atoms with van der Waals surface area (Å²) in [6, 6.07) is 7.66. The number of rotatable bonds is 8. The minimum atomic E-state index is -4.43. The normalized spacial score (nSPS) is 15.6. The number of carbonyl (C=O) groups excluding carboxylic acids is 1. The lowest BCUT2D eigenvalue weighted by molar-refractivity contribution is -0.141. The summed E-state index contributed by atoms with van der Waals surface area (Å²) in [6.45, 7) is 8.13. The van der Waals surface area contributed by atoms with Crippen molar-refractivity contribution < 1.29 is 31.1 Å². The van der Waals surface area contributed by atoms with Crippen molar-refractivity contribution >= 4 is 33.0 Å². The van der Waals surface area contributed by atoms with Crippen LogP contribution in [0.4, 0.5) is 30.2 Å². The number of aromatic nitrogens is 2. The second-order valence-electron chi connectivity index (χ2n) is 11.4. The van der Waals surface area contributed by atoms with E-state index in [-0.39, 0.29) is 46.2 Å². The minimum absolute atomic E-state index is 0.140. The first kappa shape index (κ1) is 31.8. The van der Waals surface area contributed by atoms with Gasteiger partial charge in [-0.1, -0.05) is 32.1 Å². The van der Waals surface area contributed by atoms with Crippen LogP contribution in [0.25, 0.3) is 0 Å². The van der Waals surface area contributed by atoms with Gasteiger partial charge < -0.3 is 14.6 Å². The standard InChI is InChI=1S/C28H34F3N7O4S/c1-16-8-9-18(10-23(16)38-14-22(34-36-38)24-13-32-17(2)37(24)15-28(29,30)31)26(39)33-20-11-19(27(3,4)5)12-21(25(20)42-6)35-43(7,40)41/h8-13,22,35H,14-15H2,1-7H3,(H,33,39). The number of halogens is 3. The van der Waals surface area contributed by atoms with E-state index in [1.807, 2.05) is 27.7 Å². The van der Waals surface area contributed by atoms with Crippen LogP contribution >= 0.6 is 0 Å². The van der Waals surface area contributed by atoms with Crippen molar-refractivity contribution in [1.29, 1.82) is 0 Å². The molecular formula is C28H34F3N7O4S. The number of nitrogens with one attached hydrogen (secondary N) is 2. The SMILES string of the molecule is COc1c(NC(=O)c2ccc(C)c(N3CC(c4cnc(C)n4CC(F)(F)F)N=N3)c2)cc(C(C)(C)C)cc1NS(C)(=O)=O. The number of hydrogen-bond donors (Lipinski definition) is 2. The van der Waals surface area contributed by atoms with Gasteiger partial charge in [0.1, 0.15) is 18.4 Å². The predicted molar refractivity (Wildman–Crippen MR) is 157 cm³/mol. The Morgan fingerprint density at radius 1 is 1.12 bits per heavy atom. The Labute approximate surface area is 248 Å². The Balaban J connectivity index is 1.62. The van der Waals surface area contributed by atoms with Crippen molar-refractivity contribution in [1.82, 2.24) is 9.55 Å². The molecule has 0 fully saturated rings. The van der Waals surface area contributed by atoms with Gasteiger partial charge in [-0.05, 0) is 54.7 Å². The number of carbonyl (C=O) groups is 1. The molecule has 1 aliphatic heterocycles. The topological polar surface area (TPSA) is 130 Å². The summed E-state index contributed by atoms with van der Waals surface area (Å²) < 4.78 is 72.6. The van der Waals surface area contributed by atoms with Crippen LogP contribution in [-0.4, -0.2) is 50.0 Å². The van der Waals surface area contributed by atoms with Gasteiger partial charge in [0.15, 0.2) is 5.75 Å². The highest BCUT2D eigenvalue weighted by Crippen LogP contribution is 2.40. The van der Waals surface area contributed by atoms with E-state index in [0.717, 1.165) is 21.9 Å². The zero-order valence-corrected chi connectivity index (χ0v) is 25.7. The van der Waals surface area contributed by atoms with Crippen LogP contribution in [0.3, 0.4) is 0 Å². The third-order valence-corrected chi connectivity index (χ3v) is 7.45. The number of benzene rings is 2. The highest BCUT2D eigenvalue weighted by atomic mass is 32.2. The molecule has 232 valence electrons. The predicted octanol–water partition coefficient (Wildman–Crippen LogP) is 5.92. The van der Waals surface area contributed by atoms with Crippen LogP contribution in [-0.2, 0) is 22.0 Å². The number of amides is 1. The molecule has 1 aliphatic rings. The fourth-order valence-corrected chi connectivity index (χ4v) is 5.22. The molecule has 15 heteroatoms. The van der Waals surface area contributed by atoms with Crippen molar-refractivity contribution in [2.24, 2.45) is 10.3 Å². The highest BCUT2D eigenvalue weighted by Gasteiger charge is 2.33. The van der Waals surface area contributed by atoms with Crippen molar-refractivity contribution in [3.05, 3.63) is 64.7 Å². The Morgan fingerprint density at radius 3 is 2.40 bits per heavy atom. The summed E-state index contributed by atoms with van der Waals surface area (Å²) in [5, 5.41) is 12.7. The van der Waals surface area contributed by atoms with E-state index in [1.165, 1.54) is 25.2 Å². The molecule has 1 atom stereocenters. The summed E-state index contributed by atoms with van der Waals surface area (Å²) in [5.41, 5.74) is 2.68. The lowest BCUT2D eigenvalue weighted by atomic mass is 9.86. The van der Waals surface area contributed by atoms with Crippen LogP contribution < -0.4 is 19.8 Å². The van der Waals surface area contributed by atoms with Gasteiger partial charge in [0.25, 0.3) is 5.91 Å². The van der Waals surface area contributed by atoms with E-state index in [4.69, 9.17) is 4.74 Å². The first-order valence-corrected chi connectivity index (χ1v) is 15.1. The van der Waals surface area contributed by atoms with Gasteiger partial charge in [-0.3, -0.25) is 9.52 Å². The molecular weight excluding hydrogens is 587 g/mol. The molecule has 2 aromatic carbocycles. The van der Waals surface area contributed by atoms with Gasteiger partial charge in [-0.2, -0.15) is 18.3 Å². The fraction of sp³-hybridized carbons (Fsp3) is 0.429. The van der Waals surface area contributed by atoms with Gasteiger partial charge in [0.05, 0.1) is 48.9 Å². The van der Waals surface area contributed by atoms with E-state index in [0.29, 0.717) is 5.69 Å². The maximum absolute atomic E-state index is 13.5. The van der Waals surface area contributed by atoms with Crippen LogP contribution in [0.1, 0.15) is 59.8 Å². The number of hydrogen-bond acceptors (Lipinski definition) is 8. The maximum Gasteiger partial charge on any atom is 0.406 e. The highest BCUT2D eigenvalue weighted by molar-refractivity contribution is 7.92. The minimum Gasteiger partial charge on any atom is -0.492 e. The van der Waals surface area contributed by atoms with Crippen LogP contribution in [0.5, 0.6) is 5.75 Å². The van der Waals surface area contributed by atoms with Crippen molar-refractivity contribution in [3.8, 4) is 5.75 Å². The second kappa shape index (κ2) is 11.5. The smallest absolute Gasteiger partial charge is 0.406 e. The van der Waals surface area contributed by atoms with Gasteiger partial charge in [-0.25, -0.2) is 18.4 Å². The summed E-state index contributed by atoms with van der Waals surface area (Å²) in [7, 11) is -2.28. The summed E-state index contributed by atoms with van der Waals surface area (Å²) in [5.74, 6) is -0.139. The molecule has 3 aromatic rings. The van der Waals surface area contributed by atoms with E-state index >= 15 is 0 Å². The summed E-state index contributed by atoms with van der Waals surface area (Å²) >= 11 is 0. The van der Waals surface area contributed by atoms with E-state index in [2.05, 4.69) is 25.4 Å². The quantitative estimate of drug-likeness (QED) is 0.321. The molecule has 0 aliphatic carbocycles. The molecule has 2 N–H and O–H groups in total. The molecule has 2 heterocycles. The van der Waals surface area contributed by atoms with E-state index < -0.39 is 34.7 Å². The van der Waals surface area contributed by atoms with E-state index in [1.54, 1.807) is 30.3 Å². The van der Waals surface area contributed by atoms with Gasteiger partial charge in [0, 0.05) is 5.56 Å². The third kappa shape index (κ3) is 7.45. The van der Waals surface area contributed by atoms with Crippen LogP contribution in [0.15, 0.2) is 46.9 Å². The van der Waals surface area contributed by atoms with Gasteiger partial charge in [-0.15, -0.1) is 0 Å². The second-order valence-corrected chi connectivity index (χ2v) is 13.2. The lowest BCUT2D eigenvalue weighted by Crippen LogP contribution is -2.23. The van der Waals surface area contributed by atoms with Crippen molar-refractivity contribution in [2.45, 2.75) is 58.8 Å². The van der Waals surface area contributed by atoms with Gasteiger partial charge >= 0.3 is 6.18 Å². The first-order valence-electron chi connectivity index (χ1n) is 13.3. The zero-order valence-electron chi connectivity index (χ0n) is 24.9. The number of methoxy groups -OCH3 is 1. The number of sulfonamides is 1. The molecule has 0 saturated heterocycles. The Morgan fingerprint density at radius 2 is 1.79 bits per heavy atom. The molecule has 11 nitrogen and oxygen atoms in total. The average Bonchev–Trinajstić information content (AvgIpc) is 3.48. The number of imidazole rings is 1. The maximum atomic E-state index is 13.5. The third-order valence-electron chi connectivity index (χ3n) is 6.86. The number of alkyl halides is 3. The van der Waals surface area contributed by atoms with Crippen LogP contribution in [0.2, 0.25) is 0 Å². The van der Waals surface area contributed by atoms with Crippen LogP contribution in [0, 0.1) is 13.8 Å². The zero-order chi connectivity index (χ0) is 31.9. The fourth-order valence-electron chi connectivity index (χ4n) is 4.67. The molecule has 1 amide bonds. The lowest BCUT2D eigenvalue weighted by Gasteiger charge is -2.24. The molecule has 0 spiro atoms. The molecule has 1 aromatic heterocycles. The number of nitrogens with zero attached hydrogens (tertiary/aromatic N) is 5. The number of aryl methyl sites for hydroxylation is 2. The Hall–Kier alpha value is -4.14. The van der Waals surface area contributed by atoms with Gasteiger partial charge in [0.2, 0.25) is 10.0 Å². The average molecular weight is 622 g/mol. The monoisotopic (exact) mass is 621 g/mol. The number of anilines is 3. The molecule has 4 rings (SSSR count). The van der Waals surface area contributed by atoms with Crippen molar-refractivity contribution in [3.63, 3.8) is 0 Å². The molecule has 0 bridgehead atoms. The first-order chi connectivity index (χ1) is 19.9.